The predicted octanol–water partition coefficient (Wildman–Crippen LogP) is 2.92. The number of benzene rings is 1. The Hall–Kier alpha value is -1.56. The molecule has 4 nitrogen and oxygen atoms in total. The van der Waals surface area contributed by atoms with E-state index >= 15 is 0 Å². The van der Waals surface area contributed by atoms with Crippen molar-refractivity contribution in [3.8, 4) is 16.2 Å². The summed E-state index contributed by atoms with van der Waals surface area (Å²) in [6.45, 7) is 3.32. The molecule has 2 rings (SSSR count). The van der Waals surface area contributed by atoms with E-state index in [1.54, 1.807) is 0 Å². The molecule has 0 saturated heterocycles. The fourth-order valence-electron chi connectivity index (χ4n) is 1.81. The number of carbonyl (C=O) groups excluding carboxylic acids is 1. The highest BCUT2D eigenvalue weighted by Crippen LogP contribution is 2.36. The Morgan fingerprint density at radius 1 is 1.33 bits per heavy atom. The lowest BCUT2D eigenvalue weighted by atomic mass is 10.2. The van der Waals surface area contributed by atoms with Gasteiger partial charge in [0.1, 0.15) is 10.6 Å². The molecule has 21 heavy (non-hydrogen) atoms. The van der Waals surface area contributed by atoms with Crippen LogP contribution in [0, 0.1) is 0 Å². The summed E-state index contributed by atoms with van der Waals surface area (Å²) < 4.78 is 5.56. The number of carbonyl (C=O) groups is 1. The van der Waals surface area contributed by atoms with Gasteiger partial charge in [-0.3, -0.25) is 4.79 Å². The minimum absolute atomic E-state index is 0. The zero-order valence-corrected chi connectivity index (χ0v) is 13.4. The molecule has 114 valence electrons. The fraction of sp³-hybridized carbons (Fsp3) is 0.267. The molecule has 0 atom stereocenters. The number of nitrogens with two attached hydrogens (primary N) is 1. The lowest BCUT2D eigenvalue weighted by Crippen LogP contribution is -2.28. The van der Waals surface area contributed by atoms with E-state index in [1.165, 1.54) is 11.3 Å². The number of hydrogen-bond donors (Lipinski definition) is 2. The SMILES string of the molecule is CCOc1cc(-c2ccccc2)sc1C(=O)NCCN.Cl. The van der Waals surface area contributed by atoms with Crippen molar-refractivity contribution in [2.75, 3.05) is 19.7 Å². The maximum Gasteiger partial charge on any atom is 0.265 e. The van der Waals surface area contributed by atoms with Gasteiger partial charge in [-0.1, -0.05) is 30.3 Å². The predicted molar refractivity (Wildman–Crippen MR) is 89.6 cm³/mol. The molecule has 0 radical (unpaired) electrons. The maximum atomic E-state index is 12.1. The summed E-state index contributed by atoms with van der Waals surface area (Å²) in [6.07, 6.45) is 0. The molecular formula is C15H19ClN2O2S. The van der Waals surface area contributed by atoms with Crippen LogP contribution in [0.25, 0.3) is 10.4 Å². The molecule has 0 unspecified atom stereocenters. The molecule has 0 bridgehead atoms. The van der Waals surface area contributed by atoms with E-state index in [-0.39, 0.29) is 18.3 Å². The molecule has 0 spiro atoms. The van der Waals surface area contributed by atoms with Crippen LogP contribution >= 0.6 is 23.7 Å². The Morgan fingerprint density at radius 2 is 2.05 bits per heavy atom. The Labute approximate surface area is 134 Å². The fourth-order valence-corrected chi connectivity index (χ4v) is 2.83. The molecule has 0 saturated carbocycles. The van der Waals surface area contributed by atoms with Crippen LogP contribution in [0.4, 0.5) is 0 Å². The van der Waals surface area contributed by atoms with Crippen molar-refractivity contribution < 1.29 is 9.53 Å². The van der Waals surface area contributed by atoms with Crippen LogP contribution < -0.4 is 15.8 Å². The van der Waals surface area contributed by atoms with Gasteiger partial charge in [0, 0.05) is 18.0 Å². The maximum absolute atomic E-state index is 12.1. The Morgan fingerprint density at radius 3 is 2.67 bits per heavy atom. The Kier molecular flexibility index (Phi) is 7.22. The highest BCUT2D eigenvalue weighted by atomic mass is 35.5. The van der Waals surface area contributed by atoms with E-state index in [0.29, 0.717) is 30.3 Å². The van der Waals surface area contributed by atoms with Crippen LogP contribution in [0.1, 0.15) is 16.6 Å². The van der Waals surface area contributed by atoms with Gasteiger partial charge in [0.25, 0.3) is 5.91 Å². The topological polar surface area (TPSA) is 64.3 Å². The zero-order valence-electron chi connectivity index (χ0n) is 11.8. The molecule has 0 aliphatic rings. The summed E-state index contributed by atoms with van der Waals surface area (Å²) in [5, 5.41) is 2.78. The quantitative estimate of drug-likeness (QED) is 0.858. The van der Waals surface area contributed by atoms with Crippen molar-refractivity contribution in [1.82, 2.24) is 5.32 Å². The van der Waals surface area contributed by atoms with Crippen molar-refractivity contribution in [3.63, 3.8) is 0 Å². The first-order valence-corrected chi connectivity index (χ1v) is 7.38. The van der Waals surface area contributed by atoms with E-state index in [2.05, 4.69) is 5.32 Å². The monoisotopic (exact) mass is 326 g/mol. The first-order valence-electron chi connectivity index (χ1n) is 6.56. The number of amides is 1. The van der Waals surface area contributed by atoms with E-state index in [0.717, 1.165) is 10.4 Å². The normalized spacial score (nSPS) is 9.81. The van der Waals surface area contributed by atoms with Crippen molar-refractivity contribution in [2.24, 2.45) is 5.73 Å². The van der Waals surface area contributed by atoms with Crippen LogP contribution in [0.2, 0.25) is 0 Å². The molecule has 3 N–H and O–H groups in total. The molecule has 0 aliphatic carbocycles. The zero-order chi connectivity index (χ0) is 14.4. The molecule has 1 amide bonds. The molecule has 1 aromatic heterocycles. The van der Waals surface area contributed by atoms with Gasteiger partial charge in [-0.25, -0.2) is 0 Å². The summed E-state index contributed by atoms with van der Waals surface area (Å²) in [6, 6.07) is 11.9. The highest BCUT2D eigenvalue weighted by Gasteiger charge is 2.17. The molecule has 1 aromatic carbocycles. The van der Waals surface area contributed by atoms with Crippen LogP contribution in [0.3, 0.4) is 0 Å². The molecule has 6 heteroatoms. The third-order valence-electron chi connectivity index (χ3n) is 2.69. The van der Waals surface area contributed by atoms with Gasteiger partial charge in [0.05, 0.1) is 6.61 Å². The summed E-state index contributed by atoms with van der Waals surface area (Å²) in [5.74, 6) is 0.497. The van der Waals surface area contributed by atoms with Crippen LogP contribution in [-0.2, 0) is 0 Å². The van der Waals surface area contributed by atoms with Crippen molar-refractivity contribution in [1.29, 1.82) is 0 Å². The highest BCUT2D eigenvalue weighted by molar-refractivity contribution is 7.17. The third-order valence-corrected chi connectivity index (χ3v) is 3.86. The van der Waals surface area contributed by atoms with E-state index in [1.807, 2.05) is 43.3 Å². The number of thiophene rings is 1. The van der Waals surface area contributed by atoms with Gasteiger partial charge in [-0.15, -0.1) is 23.7 Å². The second-order valence-electron chi connectivity index (χ2n) is 4.15. The van der Waals surface area contributed by atoms with Crippen LogP contribution in [-0.4, -0.2) is 25.6 Å². The van der Waals surface area contributed by atoms with E-state index < -0.39 is 0 Å². The van der Waals surface area contributed by atoms with E-state index in [4.69, 9.17) is 10.5 Å². The smallest absolute Gasteiger partial charge is 0.265 e. The summed E-state index contributed by atoms with van der Waals surface area (Å²) >= 11 is 1.43. The van der Waals surface area contributed by atoms with Gasteiger partial charge in [-0.2, -0.15) is 0 Å². The average Bonchev–Trinajstić information content (AvgIpc) is 2.90. The minimum Gasteiger partial charge on any atom is -0.492 e. The summed E-state index contributed by atoms with van der Waals surface area (Å²) in [5.41, 5.74) is 6.49. The standard InChI is InChI=1S/C15H18N2O2S.ClH/c1-2-19-12-10-13(11-6-4-3-5-7-11)20-14(12)15(18)17-9-8-16;/h3-7,10H,2,8-9,16H2,1H3,(H,17,18);1H. The Balaban J connectivity index is 0.00000220. The molecule has 0 fully saturated rings. The van der Waals surface area contributed by atoms with Crippen LogP contribution in [0.5, 0.6) is 5.75 Å². The van der Waals surface area contributed by atoms with Crippen LogP contribution in [0.15, 0.2) is 36.4 Å². The van der Waals surface area contributed by atoms with Crippen molar-refractivity contribution in [3.05, 3.63) is 41.3 Å². The number of rotatable bonds is 6. The van der Waals surface area contributed by atoms with Gasteiger partial charge < -0.3 is 15.8 Å². The number of halogens is 1. The number of nitrogens with one attached hydrogen (secondary N) is 1. The van der Waals surface area contributed by atoms with Gasteiger partial charge >= 0.3 is 0 Å². The van der Waals surface area contributed by atoms with Gasteiger partial charge in [-0.05, 0) is 18.6 Å². The summed E-state index contributed by atoms with van der Waals surface area (Å²) in [4.78, 5) is 13.7. The largest absolute Gasteiger partial charge is 0.492 e. The Bertz CT molecular complexity index is 572. The lowest BCUT2D eigenvalue weighted by molar-refractivity contribution is 0.0955. The molecule has 0 aliphatic heterocycles. The molecule has 2 aromatic rings. The first kappa shape index (κ1) is 17.5. The van der Waals surface area contributed by atoms with Gasteiger partial charge in [0.2, 0.25) is 0 Å². The molecular weight excluding hydrogens is 308 g/mol. The number of hydrogen-bond acceptors (Lipinski definition) is 4. The lowest BCUT2D eigenvalue weighted by Gasteiger charge is -2.04. The minimum atomic E-state index is -0.133. The van der Waals surface area contributed by atoms with Crippen molar-refractivity contribution in [2.45, 2.75) is 6.92 Å². The molecule has 1 heterocycles. The van der Waals surface area contributed by atoms with E-state index in [9.17, 15) is 4.79 Å². The average molecular weight is 327 g/mol. The second kappa shape index (κ2) is 8.67. The summed E-state index contributed by atoms with van der Waals surface area (Å²) in [7, 11) is 0. The third kappa shape index (κ3) is 4.46. The number of ether oxygens (including phenoxy) is 1. The first-order chi connectivity index (χ1) is 9.76. The van der Waals surface area contributed by atoms with Crippen molar-refractivity contribution >= 4 is 29.7 Å². The second-order valence-corrected chi connectivity index (χ2v) is 5.20. The van der Waals surface area contributed by atoms with Gasteiger partial charge in [0.15, 0.2) is 0 Å².